The number of amides is 1. The van der Waals surface area contributed by atoms with E-state index >= 15 is 0 Å². The monoisotopic (exact) mass is 392 g/mol. The Labute approximate surface area is 162 Å². The number of rotatable bonds is 10. The smallest absolute Gasteiger partial charge is 0.387 e. The highest BCUT2D eigenvalue weighted by atomic mass is 19.3. The summed E-state index contributed by atoms with van der Waals surface area (Å²) in [6.07, 6.45) is 2.74. The Balaban J connectivity index is 1.43. The van der Waals surface area contributed by atoms with E-state index in [1.165, 1.54) is 24.3 Å². The van der Waals surface area contributed by atoms with E-state index in [2.05, 4.69) is 15.0 Å². The number of hydrogen-bond acceptors (Lipinski definition) is 3. The van der Waals surface area contributed by atoms with Gasteiger partial charge in [0, 0.05) is 19.1 Å². The Morgan fingerprint density at radius 1 is 1.07 bits per heavy atom. The first-order valence-electron chi connectivity index (χ1n) is 9.28. The normalized spacial score (nSPS) is 13.8. The second-order valence-electron chi connectivity index (χ2n) is 6.89. The summed E-state index contributed by atoms with van der Waals surface area (Å²) in [7, 11) is 0. The SMILES string of the molecule is O=C(CN(Cc1ccc(F)cc1)C1CC1)NCCc1ccc(OC(F)F)cc1. The van der Waals surface area contributed by atoms with Crippen molar-refractivity contribution in [2.75, 3.05) is 13.1 Å². The number of ether oxygens (including phenoxy) is 1. The van der Waals surface area contributed by atoms with Crippen molar-refractivity contribution in [3.8, 4) is 5.75 Å². The summed E-state index contributed by atoms with van der Waals surface area (Å²) in [5, 5.41) is 2.89. The molecule has 0 aromatic heterocycles. The highest BCUT2D eigenvalue weighted by molar-refractivity contribution is 5.78. The topological polar surface area (TPSA) is 41.6 Å². The molecule has 1 saturated carbocycles. The molecule has 1 aliphatic rings. The molecule has 150 valence electrons. The van der Waals surface area contributed by atoms with Gasteiger partial charge in [0.15, 0.2) is 0 Å². The standard InChI is InChI=1S/C21H23F3N2O2/c22-17-5-1-16(2-6-17)13-26(18-7-8-18)14-20(27)25-12-11-15-3-9-19(10-4-15)28-21(23)24/h1-6,9-10,18,21H,7-8,11-14H2,(H,25,27). The van der Waals surface area contributed by atoms with Gasteiger partial charge in [0.05, 0.1) is 6.54 Å². The van der Waals surface area contributed by atoms with Crippen LogP contribution in [0.4, 0.5) is 13.2 Å². The van der Waals surface area contributed by atoms with E-state index in [0.29, 0.717) is 32.1 Å². The van der Waals surface area contributed by atoms with E-state index in [9.17, 15) is 18.0 Å². The highest BCUT2D eigenvalue weighted by Crippen LogP contribution is 2.28. The summed E-state index contributed by atoms with van der Waals surface area (Å²) in [5.74, 6) is -0.219. The Morgan fingerprint density at radius 3 is 2.32 bits per heavy atom. The molecule has 7 heteroatoms. The molecule has 2 aromatic rings. The van der Waals surface area contributed by atoms with E-state index < -0.39 is 6.61 Å². The molecule has 1 N–H and O–H groups in total. The van der Waals surface area contributed by atoms with Crippen LogP contribution in [0, 0.1) is 5.82 Å². The lowest BCUT2D eigenvalue weighted by Gasteiger charge is -2.21. The lowest BCUT2D eigenvalue weighted by atomic mass is 10.1. The molecule has 4 nitrogen and oxygen atoms in total. The molecule has 0 aliphatic heterocycles. The number of halogens is 3. The van der Waals surface area contributed by atoms with Crippen LogP contribution >= 0.6 is 0 Å². The minimum atomic E-state index is -2.84. The molecule has 1 fully saturated rings. The molecule has 0 spiro atoms. The van der Waals surface area contributed by atoms with Crippen LogP contribution in [0.25, 0.3) is 0 Å². The predicted molar refractivity (Wildman–Crippen MR) is 99.6 cm³/mol. The molecule has 1 amide bonds. The van der Waals surface area contributed by atoms with Crippen LogP contribution in [-0.4, -0.2) is 36.5 Å². The zero-order chi connectivity index (χ0) is 19.9. The third kappa shape index (κ3) is 6.56. The third-order valence-electron chi connectivity index (χ3n) is 4.59. The Kier molecular flexibility index (Phi) is 6.92. The largest absolute Gasteiger partial charge is 0.435 e. The van der Waals surface area contributed by atoms with Gasteiger partial charge in [-0.2, -0.15) is 8.78 Å². The fraction of sp³-hybridized carbons (Fsp3) is 0.381. The maximum Gasteiger partial charge on any atom is 0.387 e. The first kappa shape index (κ1) is 20.2. The maximum absolute atomic E-state index is 13.0. The average molecular weight is 392 g/mol. The number of nitrogens with zero attached hydrogens (tertiary/aromatic N) is 1. The predicted octanol–water partition coefficient (Wildman–Crippen LogP) is 3.75. The van der Waals surface area contributed by atoms with Crippen molar-refractivity contribution in [2.45, 2.75) is 38.5 Å². The van der Waals surface area contributed by atoms with Gasteiger partial charge in [-0.25, -0.2) is 4.39 Å². The zero-order valence-electron chi connectivity index (χ0n) is 15.4. The molecular formula is C21H23F3N2O2. The summed E-state index contributed by atoms with van der Waals surface area (Å²) in [5.41, 5.74) is 1.90. The van der Waals surface area contributed by atoms with Crippen LogP contribution in [0.2, 0.25) is 0 Å². The van der Waals surface area contributed by atoms with Gasteiger partial charge >= 0.3 is 6.61 Å². The van der Waals surface area contributed by atoms with E-state index in [4.69, 9.17) is 0 Å². The molecule has 2 aromatic carbocycles. The van der Waals surface area contributed by atoms with Crippen molar-refractivity contribution in [3.05, 3.63) is 65.5 Å². The first-order chi connectivity index (χ1) is 13.5. The lowest BCUT2D eigenvalue weighted by Crippen LogP contribution is -2.38. The number of hydrogen-bond donors (Lipinski definition) is 1. The van der Waals surface area contributed by atoms with Gasteiger partial charge < -0.3 is 10.1 Å². The van der Waals surface area contributed by atoms with Gasteiger partial charge in [0.25, 0.3) is 0 Å². The third-order valence-corrected chi connectivity index (χ3v) is 4.59. The van der Waals surface area contributed by atoms with Crippen molar-refractivity contribution < 1.29 is 22.7 Å². The molecule has 0 unspecified atom stereocenters. The Bertz CT molecular complexity index is 762. The minimum Gasteiger partial charge on any atom is -0.435 e. The second kappa shape index (κ2) is 9.59. The first-order valence-corrected chi connectivity index (χ1v) is 9.28. The molecule has 0 saturated heterocycles. The van der Waals surface area contributed by atoms with Crippen LogP contribution in [0.3, 0.4) is 0 Å². The summed E-state index contributed by atoms with van der Waals surface area (Å²) in [6.45, 7) is -1.47. The number of nitrogens with one attached hydrogen (secondary N) is 1. The van der Waals surface area contributed by atoms with Crippen molar-refractivity contribution >= 4 is 5.91 Å². The quantitative estimate of drug-likeness (QED) is 0.670. The molecule has 3 rings (SSSR count). The molecule has 0 atom stereocenters. The Morgan fingerprint density at radius 2 is 1.71 bits per heavy atom. The lowest BCUT2D eigenvalue weighted by molar-refractivity contribution is -0.122. The summed E-state index contributed by atoms with van der Waals surface area (Å²) in [4.78, 5) is 14.4. The van der Waals surface area contributed by atoms with Crippen molar-refractivity contribution in [1.82, 2.24) is 10.2 Å². The average Bonchev–Trinajstić information content (AvgIpc) is 3.49. The Hall–Kier alpha value is -2.54. The van der Waals surface area contributed by atoms with Gasteiger partial charge in [0.2, 0.25) is 5.91 Å². The van der Waals surface area contributed by atoms with Gasteiger partial charge in [-0.05, 0) is 54.7 Å². The fourth-order valence-electron chi connectivity index (χ4n) is 3.00. The van der Waals surface area contributed by atoms with E-state index in [0.717, 1.165) is 24.0 Å². The molecule has 28 heavy (non-hydrogen) atoms. The van der Waals surface area contributed by atoms with Crippen LogP contribution in [0.5, 0.6) is 5.75 Å². The van der Waals surface area contributed by atoms with Crippen LogP contribution < -0.4 is 10.1 Å². The molecule has 0 radical (unpaired) electrons. The molecule has 1 aliphatic carbocycles. The number of carbonyl (C=O) groups excluding carboxylic acids is 1. The van der Waals surface area contributed by atoms with E-state index in [-0.39, 0.29) is 17.5 Å². The van der Waals surface area contributed by atoms with Crippen LogP contribution in [0.15, 0.2) is 48.5 Å². The summed E-state index contributed by atoms with van der Waals surface area (Å²) >= 11 is 0. The van der Waals surface area contributed by atoms with Gasteiger partial charge in [-0.15, -0.1) is 0 Å². The highest BCUT2D eigenvalue weighted by Gasteiger charge is 2.30. The second-order valence-corrected chi connectivity index (χ2v) is 6.89. The fourth-order valence-corrected chi connectivity index (χ4v) is 3.00. The number of carbonyl (C=O) groups is 1. The van der Waals surface area contributed by atoms with Crippen LogP contribution in [-0.2, 0) is 17.8 Å². The maximum atomic E-state index is 13.0. The molecule has 0 heterocycles. The molecule has 0 bridgehead atoms. The summed E-state index contributed by atoms with van der Waals surface area (Å²) in [6, 6.07) is 13.1. The summed E-state index contributed by atoms with van der Waals surface area (Å²) < 4.78 is 41.6. The van der Waals surface area contributed by atoms with Crippen molar-refractivity contribution in [2.24, 2.45) is 0 Å². The van der Waals surface area contributed by atoms with E-state index in [1.807, 2.05) is 0 Å². The van der Waals surface area contributed by atoms with Gasteiger partial charge in [0.1, 0.15) is 11.6 Å². The number of alkyl halides is 2. The van der Waals surface area contributed by atoms with Crippen molar-refractivity contribution in [1.29, 1.82) is 0 Å². The van der Waals surface area contributed by atoms with Crippen molar-refractivity contribution in [3.63, 3.8) is 0 Å². The number of benzene rings is 2. The van der Waals surface area contributed by atoms with Crippen LogP contribution in [0.1, 0.15) is 24.0 Å². The molecular weight excluding hydrogens is 369 g/mol. The van der Waals surface area contributed by atoms with Gasteiger partial charge in [-0.1, -0.05) is 24.3 Å². The minimum absolute atomic E-state index is 0.0633. The van der Waals surface area contributed by atoms with E-state index in [1.54, 1.807) is 24.3 Å². The van der Waals surface area contributed by atoms with Gasteiger partial charge in [-0.3, -0.25) is 9.69 Å². The zero-order valence-corrected chi connectivity index (χ0v) is 15.4.